The van der Waals surface area contributed by atoms with Crippen molar-refractivity contribution >= 4 is 46.1 Å². The van der Waals surface area contributed by atoms with Crippen LogP contribution in [0.2, 0.25) is 0 Å². The predicted molar refractivity (Wildman–Crippen MR) is 208 cm³/mol. The maximum atomic E-state index is 10.5. The van der Waals surface area contributed by atoms with Gasteiger partial charge in [-0.15, -0.1) is 0 Å². The molecule has 4 aromatic heterocycles. The van der Waals surface area contributed by atoms with Gasteiger partial charge < -0.3 is 41.2 Å². The third kappa shape index (κ3) is 9.61. The zero-order chi connectivity index (χ0) is 35.2. The zero-order valence-corrected chi connectivity index (χ0v) is 31.9. The Labute approximate surface area is 337 Å². The summed E-state index contributed by atoms with van der Waals surface area (Å²) in [6.45, 7) is 4.81. The number of rotatable bonds is 8. The first-order chi connectivity index (χ1) is 25.0. The maximum Gasteiger partial charge on any atom is 1.00 e. The van der Waals surface area contributed by atoms with Gasteiger partial charge in [0.25, 0.3) is 0 Å². The van der Waals surface area contributed by atoms with Crippen LogP contribution in [-0.2, 0) is 17.9 Å². The van der Waals surface area contributed by atoms with Crippen LogP contribution in [0.15, 0.2) is 85.2 Å². The number of nitriles is 1. The SMILES string of the molecule is C.N#Cc1ccc(Cn2c(N3CCC[C@H](N)C3)nc3ccccc32)nc1.N[C@H]1CCCN(c2nc3ccccc3n2Cc2ccc(NC=O)cn2)C1.[Na+].[OH-]. The van der Waals surface area contributed by atoms with Gasteiger partial charge in [-0.2, -0.15) is 5.26 Å². The van der Waals surface area contributed by atoms with Gasteiger partial charge in [-0.1, -0.05) is 31.7 Å². The van der Waals surface area contributed by atoms with E-state index in [2.05, 4.69) is 52.4 Å². The summed E-state index contributed by atoms with van der Waals surface area (Å²) < 4.78 is 4.39. The molecule has 6 heterocycles. The van der Waals surface area contributed by atoms with Gasteiger partial charge in [-0.25, -0.2) is 9.97 Å². The Morgan fingerprint density at radius 1 is 0.759 bits per heavy atom. The molecule has 2 fully saturated rings. The van der Waals surface area contributed by atoms with Gasteiger partial charge in [0.15, 0.2) is 0 Å². The van der Waals surface area contributed by atoms with Crippen molar-refractivity contribution in [3.8, 4) is 6.07 Å². The van der Waals surface area contributed by atoms with E-state index in [9.17, 15) is 4.79 Å². The first-order valence-corrected chi connectivity index (χ1v) is 17.4. The molecule has 8 rings (SSSR count). The number of hydrogen-bond donors (Lipinski definition) is 3. The van der Waals surface area contributed by atoms with Crippen molar-refractivity contribution < 1.29 is 39.8 Å². The molecule has 0 radical (unpaired) electrons. The molecule has 0 unspecified atom stereocenters. The van der Waals surface area contributed by atoms with E-state index in [4.69, 9.17) is 26.7 Å². The summed E-state index contributed by atoms with van der Waals surface area (Å²) in [5.41, 5.74) is 19.5. The van der Waals surface area contributed by atoms with Crippen LogP contribution in [0.4, 0.5) is 17.6 Å². The summed E-state index contributed by atoms with van der Waals surface area (Å²) in [6.07, 6.45) is 8.22. The van der Waals surface area contributed by atoms with Crippen molar-refractivity contribution in [2.24, 2.45) is 11.5 Å². The molecule has 15 heteroatoms. The maximum absolute atomic E-state index is 10.5. The second-order valence-corrected chi connectivity index (χ2v) is 13.1. The fourth-order valence-corrected chi connectivity index (χ4v) is 6.88. The summed E-state index contributed by atoms with van der Waals surface area (Å²) in [7, 11) is 0. The topological polar surface area (TPSA) is 203 Å². The molecule has 6 aromatic rings. The number of para-hydroxylation sites is 4. The quantitative estimate of drug-likeness (QED) is 0.152. The van der Waals surface area contributed by atoms with Crippen LogP contribution >= 0.6 is 0 Å². The first-order valence-electron chi connectivity index (χ1n) is 17.4. The van der Waals surface area contributed by atoms with Gasteiger partial charge in [0.05, 0.1) is 64.0 Å². The molecule has 0 aliphatic carbocycles. The molecular formula is C39H47N12NaO2. The summed E-state index contributed by atoms with van der Waals surface area (Å²) in [5.74, 6) is 1.89. The van der Waals surface area contributed by atoms with E-state index in [1.165, 1.54) is 0 Å². The Morgan fingerprint density at radius 2 is 1.26 bits per heavy atom. The van der Waals surface area contributed by atoms with Gasteiger partial charge in [0, 0.05) is 44.5 Å². The van der Waals surface area contributed by atoms with Gasteiger partial charge >= 0.3 is 29.6 Å². The van der Waals surface area contributed by atoms with E-state index in [1.54, 1.807) is 18.5 Å². The van der Waals surface area contributed by atoms with Crippen molar-refractivity contribution in [1.29, 1.82) is 5.26 Å². The third-order valence-corrected chi connectivity index (χ3v) is 9.39. The Morgan fingerprint density at radius 3 is 1.69 bits per heavy atom. The van der Waals surface area contributed by atoms with E-state index in [0.717, 1.165) is 97.2 Å². The summed E-state index contributed by atoms with van der Waals surface area (Å²) in [6, 6.07) is 26.3. The number of nitrogens with zero attached hydrogens (tertiary/aromatic N) is 9. The van der Waals surface area contributed by atoms with Crippen LogP contribution in [0.25, 0.3) is 22.1 Å². The smallest absolute Gasteiger partial charge is 0.870 e. The van der Waals surface area contributed by atoms with Crippen molar-refractivity contribution in [1.82, 2.24) is 29.1 Å². The van der Waals surface area contributed by atoms with E-state index in [1.807, 2.05) is 54.6 Å². The number of hydrogen-bond acceptors (Lipinski definition) is 11. The molecule has 2 aromatic carbocycles. The van der Waals surface area contributed by atoms with Crippen LogP contribution < -0.4 is 56.1 Å². The number of carbonyl (C=O) groups excluding carboxylic acids is 1. The summed E-state index contributed by atoms with van der Waals surface area (Å²) >= 11 is 0. The van der Waals surface area contributed by atoms with Gasteiger partial charge in [0.2, 0.25) is 18.3 Å². The molecule has 54 heavy (non-hydrogen) atoms. The molecule has 0 bridgehead atoms. The average Bonchev–Trinajstić information content (AvgIpc) is 3.71. The van der Waals surface area contributed by atoms with Crippen LogP contribution in [0.3, 0.4) is 0 Å². The number of anilines is 3. The Bertz CT molecular complexity index is 2150. The van der Waals surface area contributed by atoms with Crippen LogP contribution in [0.5, 0.6) is 0 Å². The third-order valence-electron chi connectivity index (χ3n) is 9.39. The number of fused-ring (bicyclic) bond motifs is 2. The molecule has 276 valence electrons. The van der Waals surface area contributed by atoms with Crippen LogP contribution in [0.1, 0.15) is 50.1 Å². The molecule has 2 atom stereocenters. The number of pyridine rings is 2. The number of nitrogens with two attached hydrogens (primary N) is 2. The number of aromatic nitrogens is 6. The summed E-state index contributed by atoms with van der Waals surface area (Å²) in [4.78, 5) is 33.7. The molecule has 0 spiro atoms. The fraction of sp³-hybridized carbons (Fsp3) is 0.333. The number of amides is 1. The molecule has 2 aliphatic heterocycles. The minimum absolute atomic E-state index is 0. The fourth-order valence-electron chi connectivity index (χ4n) is 6.88. The number of imidazole rings is 2. The van der Waals surface area contributed by atoms with Gasteiger partial charge in [-0.3, -0.25) is 14.8 Å². The van der Waals surface area contributed by atoms with Crippen molar-refractivity contribution in [2.45, 2.75) is 58.3 Å². The number of nitrogens with one attached hydrogen (secondary N) is 1. The normalized spacial score (nSPS) is 16.5. The van der Waals surface area contributed by atoms with Crippen LogP contribution in [0, 0.1) is 11.3 Å². The zero-order valence-electron chi connectivity index (χ0n) is 29.9. The van der Waals surface area contributed by atoms with E-state index >= 15 is 0 Å². The summed E-state index contributed by atoms with van der Waals surface area (Å²) in [5, 5.41) is 11.5. The van der Waals surface area contributed by atoms with Gasteiger partial charge in [-0.05, 0) is 74.2 Å². The van der Waals surface area contributed by atoms with Crippen molar-refractivity contribution in [3.05, 3.63) is 102 Å². The Kier molecular flexibility index (Phi) is 15.1. The van der Waals surface area contributed by atoms with E-state index < -0.39 is 0 Å². The van der Waals surface area contributed by atoms with Crippen molar-refractivity contribution in [2.75, 3.05) is 41.3 Å². The number of carbonyl (C=O) groups is 1. The number of piperidine rings is 2. The van der Waals surface area contributed by atoms with E-state index in [-0.39, 0.29) is 54.5 Å². The van der Waals surface area contributed by atoms with Crippen LogP contribution in [-0.4, -0.2) is 79.2 Å². The van der Waals surface area contributed by atoms with Gasteiger partial charge in [0.1, 0.15) is 6.07 Å². The molecule has 14 nitrogen and oxygen atoms in total. The molecule has 2 saturated heterocycles. The molecule has 6 N–H and O–H groups in total. The molecule has 1 amide bonds. The average molecular weight is 739 g/mol. The minimum atomic E-state index is 0. The molecule has 0 saturated carbocycles. The monoisotopic (exact) mass is 738 g/mol. The van der Waals surface area contributed by atoms with E-state index in [0.29, 0.717) is 30.8 Å². The molecule has 2 aliphatic rings. The second-order valence-electron chi connectivity index (χ2n) is 13.1. The largest absolute Gasteiger partial charge is 1.00 e. The number of benzene rings is 2. The standard InChI is InChI=1S/C19H22N6O.C19H20N6.CH4.Na.H2O/c20-14-4-3-9-24(11-14)19-23-17-5-1-2-6-18(17)25(19)12-16-8-7-15(10-21-16)22-13-26;20-10-14-7-8-16(22-11-14)13-25-18-6-2-1-5-17(18)23-19(25)24-9-3-4-15(21)12-24;;;/h1-2,5-8,10,13-14H,3-4,9,11-12,20H2,(H,22,26);1-2,5-8,11,15H,3-4,9,12-13,21H2;1H4;;1H2/q;;;+1;/p-1/t14-;15-;;;/m00.../s1. The van der Waals surface area contributed by atoms with Crippen molar-refractivity contribution in [3.63, 3.8) is 0 Å². The predicted octanol–water partition coefficient (Wildman–Crippen LogP) is 1.72. The Hall–Kier alpha value is -4.88. The Balaban J connectivity index is 0.000000228. The molecular weight excluding hydrogens is 692 g/mol. The first kappa shape index (κ1) is 41.9. The minimum Gasteiger partial charge on any atom is -0.870 e. The second kappa shape index (κ2) is 19.4.